The van der Waals surface area contributed by atoms with Gasteiger partial charge in [-0.3, -0.25) is 19.9 Å². The third-order valence-corrected chi connectivity index (χ3v) is 6.47. The van der Waals surface area contributed by atoms with Gasteiger partial charge in [0.1, 0.15) is 11.6 Å². The third kappa shape index (κ3) is 4.73. The normalized spacial score (nSPS) is 18.2. The van der Waals surface area contributed by atoms with Gasteiger partial charge in [0.05, 0.1) is 17.4 Å². The standard InChI is InChI=1S/C24H25F2N5O2/c25-19-10-18(11-20(26)13-19)15-29-5-1-16(2-6-29)9-17-3-8-31-21(12-17)22(14-27-31)30-7-4-23(32)28-24(30)33/h3,8,10-14,16H,1-2,4-7,9,15H2,(H,28,32,33). The van der Waals surface area contributed by atoms with Crippen LogP contribution in [0.5, 0.6) is 0 Å². The molecule has 3 aromatic rings. The Kier molecular flexibility index (Phi) is 5.80. The van der Waals surface area contributed by atoms with Crippen molar-refractivity contribution in [3.05, 3.63) is 65.5 Å². The van der Waals surface area contributed by atoms with Crippen LogP contribution in [0.15, 0.2) is 42.7 Å². The van der Waals surface area contributed by atoms with Gasteiger partial charge in [0.2, 0.25) is 5.91 Å². The average Bonchev–Trinajstić information content (AvgIpc) is 3.17. The third-order valence-electron chi connectivity index (χ3n) is 6.47. The largest absolute Gasteiger partial charge is 0.328 e. The van der Waals surface area contributed by atoms with Gasteiger partial charge in [-0.1, -0.05) is 0 Å². The monoisotopic (exact) mass is 453 g/mol. The summed E-state index contributed by atoms with van der Waals surface area (Å²) in [6, 6.07) is 7.38. The van der Waals surface area contributed by atoms with E-state index in [1.54, 1.807) is 15.6 Å². The molecule has 2 aliphatic heterocycles. The number of hydrogen-bond acceptors (Lipinski definition) is 4. The molecule has 3 amide bonds. The van der Waals surface area contributed by atoms with Crippen LogP contribution in [0.4, 0.5) is 19.3 Å². The molecule has 0 saturated carbocycles. The molecule has 0 spiro atoms. The van der Waals surface area contributed by atoms with E-state index in [9.17, 15) is 18.4 Å². The lowest BCUT2D eigenvalue weighted by Gasteiger charge is -2.32. The number of benzene rings is 1. The number of likely N-dealkylation sites (tertiary alicyclic amines) is 1. The van der Waals surface area contributed by atoms with Crippen molar-refractivity contribution in [2.24, 2.45) is 5.92 Å². The minimum atomic E-state index is -0.539. The van der Waals surface area contributed by atoms with E-state index in [0.717, 1.165) is 43.9 Å². The number of anilines is 1. The Bertz CT molecular complexity index is 1180. The molecule has 0 bridgehead atoms. The van der Waals surface area contributed by atoms with Crippen molar-refractivity contribution in [2.45, 2.75) is 32.2 Å². The lowest BCUT2D eigenvalue weighted by atomic mass is 9.90. The molecule has 172 valence electrons. The van der Waals surface area contributed by atoms with Gasteiger partial charge in [0, 0.05) is 31.8 Å². The maximum Gasteiger partial charge on any atom is 0.328 e. The number of nitrogens with zero attached hydrogens (tertiary/aromatic N) is 4. The maximum absolute atomic E-state index is 13.5. The summed E-state index contributed by atoms with van der Waals surface area (Å²) in [5, 5.41) is 6.70. The highest BCUT2D eigenvalue weighted by Gasteiger charge is 2.27. The molecule has 0 aliphatic carbocycles. The van der Waals surface area contributed by atoms with Crippen LogP contribution in [0.3, 0.4) is 0 Å². The van der Waals surface area contributed by atoms with Crippen LogP contribution in [0.25, 0.3) is 5.52 Å². The number of pyridine rings is 1. The molecule has 33 heavy (non-hydrogen) atoms. The highest BCUT2D eigenvalue weighted by Crippen LogP contribution is 2.27. The van der Waals surface area contributed by atoms with Gasteiger partial charge in [-0.25, -0.2) is 18.1 Å². The van der Waals surface area contributed by atoms with Crippen LogP contribution in [0, 0.1) is 17.6 Å². The van der Waals surface area contributed by atoms with E-state index in [0.29, 0.717) is 30.3 Å². The second-order valence-corrected chi connectivity index (χ2v) is 8.85. The van der Waals surface area contributed by atoms with Gasteiger partial charge >= 0.3 is 6.03 Å². The smallest absolute Gasteiger partial charge is 0.299 e. The van der Waals surface area contributed by atoms with Crippen molar-refractivity contribution in [1.29, 1.82) is 0 Å². The Morgan fingerprint density at radius 2 is 1.76 bits per heavy atom. The first-order chi connectivity index (χ1) is 15.9. The zero-order valence-corrected chi connectivity index (χ0v) is 18.1. The Labute approximate surface area is 190 Å². The molecule has 4 heterocycles. The first-order valence-corrected chi connectivity index (χ1v) is 11.2. The van der Waals surface area contributed by atoms with Crippen LogP contribution < -0.4 is 10.2 Å². The number of piperidine rings is 1. The van der Waals surface area contributed by atoms with Crippen molar-refractivity contribution < 1.29 is 18.4 Å². The molecule has 0 atom stereocenters. The van der Waals surface area contributed by atoms with Crippen molar-refractivity contribution in [3.8, 4) is 0 Å². The number of fused-ring (bicyclic) bond motifs is 1. The van der Waals surface area contributed by atoms with E-state index in [4.69, 9.17) is 0 Å². The Hall–Kier alpha value is -3.33. The van der Waals surface area contributed by atoms with E-state index < -0.39 is 17.7 Å². The second-order valence-electron chi connectivity index (χ2n) is 8.85. The van der Waals surface area contributed by atoms with Crippen LogP contribution in [-0.2, 0) is 17.8 Å². The van der Waals surface area contributed by atoms with Gasteiger partial charge in [0.15, 0.2) is 0 Å². The Balaban J connectivity index is 1.23. The number of imide groups is 1. The van der Waals surface area contributed by atoms with Gasteiger partial charge in [-0.15, -0.1) is 0 Å². The highest BCUT2D eigenvalue weighted by atomic mass is 19.1. The summed E-state index contributed by atoms with van der Waals surface area (Å²) in [4.78, 5) is 27.5. The molecule has 2 aliphatic rings. The number of halogens is 2. The van der Waals surface area contributed by atoms with E-state index >= 15 is 0 Å². The summed E-state index contributed by atoms with van der Waals surface area (Å²) in [5.74, 6) is -0.830. The minimum absolute atomic E-state index is 0.262. The van der Waals surface area contributed by atoms with Crippen LogP contribution >= 0.6 is 0 Å². The number of urea groups is 1. The molecule has 1 aromatic carbocycles. The summed E-state index contributed by atoms with van der Waals surface area (Å²) in [7, 11) is 0. The molecule has 2 saturated heterocycles. The quantitative estimate of drug-likeness (QED) is 0.642. The van der Waals surface area contributed by atoms with Crippen LogP contribution in [0.2, 0.25) is 0 Å². The number of carbonyl (C=O) groups is 2. The maximum atomic E-state index is 13.5. The lowest BCUT2D eigenvalue weighted by Crippen LogP contribution is -2.49. The Morgan fingerprint density at radius 3 is 2.48 bits per heavy atom. The van der Waals surface area contributed by atoms with Gasteiger partial charge < -0.3 is 0 Å². The zero-order chi connectivity index (χ0) is 22.9. The Morgan fingerprint density at radius 1 is 1.00 bits per heavy atom. The van der Waals surface area contributed by atoms with Crippen molar-refractivity contribution in [3.63, 3.8) is 0 Å². The predicted molar refractivity (Wildman–Crippen MR) is 119 cm³/mol. The molecule has 0 unspecified atom stereocenters. The first kappa shape index (κ1) is 21.5. The molecule has 0 radical (unpaired) electrons. The van der Waals surface area contributed by atoms with Crippen molar-refractivity contribution in [1.82, 2.24) is 19.8 Å². The fourth-order valence-corrected chi connectivity index (χ4v) is 4.78. The van der Waals surface area contributed by atoms with Gasteiger partial charge in [0.25, 0.3) is 0 Å². The van der Waals surface area contributed by atoms with Crippen LogP contribution in [-0.4, -0.2) is 46.1 Å². The predicted octanol–water partition coefficient (Wildman–Crippen LogP) is 3.51. The first-order valence-electron chi connectivity index (χ1n) is 11.2. The highest BCUT2D eigenvalue weighted by molar-refractivity contribution is 6.07. The molecule has 2 aromatic heterocycles. The fraction of sp³-hybridized carbons (Fsp3) is 0.375. The van der Waals surface area contributed by atoms with E-state index in [1.165, 1.54) is 17.7 Å². The number of amides is 3. The number of rotatable bonds is 5. The molecule has 5 rings (SSSR count). The molecule has 2 fully saturated rings. The second kappa shape index (κ2) is 8.90. The SMILES string of the molecule is O=C1CCN(c2cnn3ccc(CC4CCN(Cc5cc(F)cc(F)c5)CC4)cc23)C(=O)N1. The number of aromatic nitrogens is 2. The molecule has 1 N–H and O–H groups in total. The molecular formula is C24H25F2N5O2. The molecule has 7 nitrogen and oxygen atoms in total. The van der Waals surface area contributed by atoms with Crippen molar-refractivity contribution >= 4 is 23.1 Å². The number of hydrogen-bond donors (Lipinski definition) is 1. The summed E-state index contributed by atoms with van der Waals surface area (Å²) in [6.07, 6.45) is 6.74. The number of carbonyl (C=O) groups excluding carboxylic acids is 2. The summed E-state index contributed by atoms with van der Waals surface area (Å²) >= 11 is 0. The average molecular weight is 453 g/mol. The van der Waals surface area contributed by atoms with Gasteiger partial charge in [-0.05, 0) is 73.7 Å². The topological polar surface area (TPSA) is 70.0 Å². The fourth-order valence-electron chi connectivity index (χ4n) is 4.78. The van der Waals surface area contributed by atoms with E-state index in [2.05, 4.69) is 21.4 Å². The van der Waals surface area contributed by atoms with E-state index in [1.807, 2.05) is 12.3 Å². The van der Waals surface area contributed by atoms with Crippen LogP contribution in [0.1, 0.15) is 30.4 Å². The van der Waals surface area contributed by atoms with Crippen molar-refractivity contribution in [2.75, 3.05) is 24.5 Å². The molecule has 9 heteroatoms. The zero-order valence-electron chi connectivity index (χ0n) is 18.1. The summed E-state index contributed by atoms with van der Waals surface area (Å²) in [6.45, 7) is 2.65. The number of nitrogens with one attached hydrogen (secondary N) is 1. The van der Waals surface area contributed by atoms with E-state index in [-0.39, 0.29) is 12.3 Å². The summed E-state index contributed by atoms with van der Waals surface area (Å²) in [5.41, 5.74) is 3.36. The summed E-state index contributed by atoms with van der Waals surface area (Å²) < 4.78 is 28.6. The minimum Gasteiger partial charge on any atom is -0.299 e. The lowest BCUT2D eigenvalue weighted by molar-refractivity contribution is -0.120. The molecular weight excluding hydrogens is 428 g/mol. The van der Waals surface area contributed by atoms with Gasteiger partial charge in [-0.2, -0.15) is 5.10 Å².